The fourth-order valence-electron chi connectivity index (χ4n) is 1.30. The van der Waals surface area contributed by atoms with Gasteiger partial charge in [-0.25, -0.2) is 26.5 Å². The van der Waals surface area contributed by atoms with Gasteiger partial charge in [-0.05, 0) is 13.8 Å². The second-order valence-electron chi connectivity index (χ2n) is 3.55. The Balaban J connectivity index is 2.80. The van der Waals surface area contributed by atoms with Crippen LogP contribution in [0.3, 0.4) is 0 Å². The molecule has 104 valence electrons. The second-order valence-corrected chi connectivity index (χ2v) is 8.16. The smallest absolute Gasteiger partial charge is 0.259 e. The largest absolute Gasteiger partial charge is 0.334 e. The number of imidazole rings is 1. The molecule has 0 amide bonds. The highest BCUT2D eigenvalue weighted by atomic mass is 35.7. The number of hydrogen-bond donors (Lipinski definition) is 1. The Morgan fingerprint density at radius 3 is 2.44 bits per heavy atom. The second kappa shape index (κ2) is 5.55. The summed E-state index contributed by atoms with van der Waals surface area (Å²) in [6, 6.07) is 0. The molecule has 1 aromatic heterocycles. The lowest BCUT2D eigenvalue weighted by Crippen LogP contribution is -2.28. The lowest BCUT2D eigenvalue weighted by molar-refractivity contribution is 0.579. The summed E-state index contributed by atoms with van der Waals surface area (Å²) >= 11 is 0. The Hall–Kier alpha value is -0.640. The molecular weight excluding hydrogens is 302 g/mol. The van der Waals surface area contributed by atoms with E-state index in [1.165, 1.54) is 6.20 Å². The summed E-state index contributed by atoms with van der Waals surface area (Å²) in [5, 5.41) is -0.131. The van der Waals surface area contributed by atoms with Crippen LogP contribution in [0.25, 0.3) is 0 Å². The first kappa shape index (κ1) is 15.4. The molecule has 1 rings (SSSR count). The molecule has 7 nitrogen and oxygen atoms in total. The topological polar surface area (TPSA) is 98.1 Å². The van der Waals surface area contributed by atoms with Crippen molar-refractivity contribution in [1.29, 1.82) is 0 Å². The van der Waals surface area contributed by atoms with Gasteiger partial charge >= 0.3 is 0 Å². The van der Waals surface area contributed by atoms with Crippen LogP contribution < -0.4 is 4.72 Å². The summed E-state index contributed by atoms with van der Waals surface area (Å²) in [5.41, 5.74) is 0. The lowest BCUT2D eigenvalue weighted by atomic mass is 10.6. The van der Waals surface area contributed by atoms with Gasteiger partial charge in [0, 0.05) is 30.0 Å². The first-order chi connectivity index (χ1) is 8.15. The van der Waals surface area contributed by atoms with Crippen molar-refractivity contribution in [3.8, 4) is 0 Å². The van der Waals surface area contributed by atoms with Crippen LogP contribution in [0.4, 0.5) is 0 Å². The Morgan fingerprint density at radius 1 is 1.39 bits per heavy atom. The van der Waals surface area contributed by atoms with E-state index in [0.717, 1.165) is 0 Å². The van der Waals surface area contributed by atoms with Gasteiger partial charge in [-0.1, -0.05) is 0 Å². The molecule has 1 N–H and O–H groups in total. The third-order valence-corrected chi connectivity index (χ3v) is 4.69. The number of hydrogen-bond acceptors (Lipinski definition) is 5. The minimum atomic E-state index is -3.80. The Morgan fingerprint density at radius 2 is 2.00 bits per heavy atom. The Labute approximate surface area is 111 Å². The van der Waals surface area contributed by atoms with Crippen LogP contribution in [0.2, 0.25) is 0 Å². The van der Waals surface area contributed by atoms with Crippen molar-refractivity contribution < 1.29 is 16.8 Å². The maximum Gasteiger partial charge on any atom is 0.259 e. The molecule has 0 spiro atoms. The number of halogens is 1. The molecular formula is C8H14ClN3O4S2. The zero-order valence-corrected chi connectivity index (χ0v) is 12.3. The monoisotopic (exact) mass is 315 g/mol. The maximum atomic E-state index is 11.8. The average molecular weight is 316 g/mol. The van der Waals surface area contributed by atoms with Gasteiger partial charge in [-0.15, -0.1) is 0 Å². The molecule has 10 heteroatoms. The van der Waals surface area contributed by atoms with E-state index in [1.54, 1.807) is 11.5 Å². The highest BCUT2D eigenvalue weighted by Crippen LogP contribution is 2.08. The maximum absolute atomic E-state index is 11.8. The van der Waals surface area contributed by atoms with Crippen molar-refractivity contribution >= 4 is 29.8 Å². The zero-order valence-electron chi connectivity index (χ0n) is 9.92. The minimum absolute atomic E-state index is 0.131. The molecule has 0 bridgehead atoms. The van der Waals surface area contributed by atoms with Crippen LogP contribution in [-0.2, 0) is 25.6 Å². The molecule has 0 aliphatic heterocycles. The van der Waals surface area contributed by atoms with Crippen molar-refractivity contribution in [2.45, 2.75) is 25.4 Å². The predicted molar refractivity (Wildman–Crippen MR) is 67.5 cm³/mol. The van der Waals surface area contributed by atoms with E-state index in [9.17, 15) is 16.8 Å². The van der Waals surface area contributed by atoms with Crippen LogP contribution in [0.5, 0.6) is 0 Å². The van der Waals surface area contributed by atoms with Crippen LogP contribution in [0, 0.1) is 6.92 Å². The molecule has 0 saturated carbocycles. The number of aryl methyl sites for hydroxylation is 2. The van der Waals surface area contributed by atoms with Crippen molar-refractivity contribution in [3.63, 3.8) is 0 Å². The Bertz CT molecular complexity index is 621. The minimum Gasteiger partial charge on any atom is -0.334 e. The molecule has 0 fully saturated rings. The summed E-state index contributed by atoms with van der Waals surface area (Å²) in [6.45, 7) is 3.86. The highest BCUT2D eigenvalue weighted by molar-refractivity contribution is 8.13. The molecule has 1 aromatic rings. The first-order valence-electron chi connectivity index (χ1n) is 5.11. The fraction of sp³-hybridized carbons (Fsp3) is 0.625. The van der Waals surface area contributed by atoms with Gasteiger partial charge in [0.2, 0.25) is 9.05 Å². The molecule has 18 heavy (non-hydrogen) atoms. The summed E-state index contributed by atoms with van der Waals surface area (Å²) in [6.07, 6.45) is 1.40. The first-order valence-corrected chi connectivity index (χ1v) is 9.07. The number of nitrogens with zero attached hydrogens (tertiary/aromatic N) is 2. The van der Waals surface area contributed by atoms with Crippen molar-refractivity contribution in [2.24, 2.45) is 0 Å². The van der Waals surface area contributed by atoms with Gasteiger partial charge in [0.1, 0.15) is 5.82 Å². The number of nitrogens with one attached hydrogen (secondary N) is 1. The van der Waals surface area contributed by atoms with Gasteiger partial charge in [0.25, 0.3) is 10.0 Å². The lowest BCUT2D eigenvalue weighted by Gasteiger charge is -2.02. The SMILES string of the molecule is CCn1cc(S(=O)(=O)NCCS(=O)(=O)Cl)nc1C. The van der Waals surface area contributed by atoms with E-state index in [4.69, 9.17) is 10.7 Å². The molecule has 0 aliphatic carbocycles. The quantitative estimate of drug-likeness (QED) is 0.748. The van der Waals surface area contributed by atoms with Gasteiger partial charge in [0.15, 0.2) is 5.03 Å². The van der Waals surface area contributed by atoms with Gasteiger partial charge in [-0.2, -0.15) is 0 Å². The molecule has 0 aromatic carbocycles. The summed E-state index contributed by atoms with van der Waals surface area (Å²) in [4.78, 5) is 3.90. The fourth-order valence-corrected chi connectivity index (χ4v) is 3.04. The average Bonchev–Trinajstić information content (AvgIpc) is 2.58. The van der Waals surface area contributed by atoms with E-state index < -0.39 is 24.8 Å². The van der Waals surface area contributed by atoms with Gasteiger partial charge < -0.3 is 4.57 Å². The van der Waals surface area contributed by atoms with Gasteiger partial charge in [0.05, 0.1) is 5.75 Å². The summed E-state index contributed by atoms with van der Waals surface area (Å²) in [5.74, 6) is 0.101. The van der Waals surface area contributed by atoms with E-state index in [1.807, 2.05) is 6.92 Å². The van der Waals surface area contributed by atoms with Crippen molar-refractivity contribution in [3.05, 3.63) is 12.0 Å². The number of rotatable bonds is 6. The van der Waals surface area contributed by atoms with E-state index in [0.29, 0.717) is 12.4 Å². The van der Waals surface area contributed by atoms with Crippen molar-refractivity contribution in [1.82, 2.24) is 14.3 Å². The number of aromatic nitrogens is 2. The molecule has 0 aliphatic rings. The zero-order chi connectivity index (χ0) is 14.0. The van der Waals surface area contributed by atoms with E-state index in [-0.39, 0.29) is 11.6 Å². The molecule has 0 saturated heterocycles. The highest BCUT2D eigenvalue weighted by Gasteiger charge is 2.19. The normalized spacial score (nSPS) is 12.8. The van der Waals surface area contributed by atoms with Crippen molar-refractivity contribution in [2.75, 3.05) is 12.3 Å². The Kier molecular flexibility index (Phi) is 4.76. The van der Waals surface area contributed by atoms with Crippen LogP contribution in [-0.4, -0.2) is 38.7 Å². The molecule has 0 unspecified atom stereocenters. The summed E-state index contributed by atoms with van der Waals surface area (Å²) in [7, 11) is -2.54. The molecule has 0 radical (unpaired) electrons. The predicted octanol–water partition coefficient (Wildman–Crippen LogP) is 0.0583. The molecule has 1 heterocycles. The van der Waals surface area contributed by atoms with Crippen LogP contribution in [0.15, 0.2) is 11.2 Å². The van der Waals surface area contributed by atoms with Crippen LogP contribution in [0.1, 0.15) is 12.7 Å². The summed E-state index contributed by atoms with van der Waals surface area (Å²) < 4.78 is 48.7. The third kappa shape index (κ3) is 4.23. The van der Waals surface area contributed by atoms with Gasteiger partial charge in [-0.3, -0.25) is 0 Å². The van der Waals surface area contributed by atoms with E-state index in [2.05, 4.69) is 9.71 Å². The standard InChI is InChI=1S/C8H14ClN3O4S2/c1-3-12-6-8(11-7(12)2)18(15,16)10-4-5-17(9,13)14/h6,10H,3-5H2,1-2H3. The third-order valence-electron chi connectivity index (χ3n) is 2.21. The van der Waals surface area contributed by atoms with E-state index >= 15 is 0 Å². The number of sulfonamides is 1. The molecule has 0 atom stereocenters. The van der Waals surface area contributed by atoms with Crippen LogP contribution >= 0.6 is 10.7 Å².